The molecule has 0 heterocycles. The number of hydrogen-bond acceptors (Lipinski definition) is 0. The van der Waals surface area contributed by atoms with Crippen LogP contribution in [0.2, 0.25) is 0 Å². The minimum absolute atomic E-state index is 0.112. The SMILES string of the molecule is Fc1cc[c]([SnH3])c(F)c1F. The van der Waals surface area contributed by atoms with Crippen LogP contribution >= 0.6 is 0 Å². The topological polar surface area (TPSA) is 0 Å². The maximum atomic E-state index is 12.4. The minimum atomic E-state index is -1.35. The summed E-state index contributed by atoms with van der Waals surface area (Å²) in [5.74, 6) is -3.48. The van der Waals surface area contributed by atoms with E-state index in [2.05, 4.69) is 0 Å². The van der Waals surface area contributed by atoms with E-state index in [0.717, 1.165) is 6.07 Å². The second-order valence-electron chi connectivity index (χ2n) is 1.99. The summed E-state index contributed by atoms with van der Waals surface area (Å²) in [6, 6.07) is 2.23. The maximum absolute atomic E-state index is 12.4. The molecule has 0 amide bonds. The normalized spacial score (nSPS) is 10.3. The summed E-state index contributed by atoms with van der Waals surface area (Å²) in [6.45, 7) is 0. The zero-order chi connectivity index (χ0) is 7.72. The Morgan fingerprint density at radius 3 is 2.10 bits per heavy atom. The second-order valence-corrected chi connectivity index (χ2v) is 5.07. The van der Waals surface area contributed by atoms with Gasteiger partial charge in [-0.25, -0.2) is 0 Å². The quantitative estimate of drug-likeness (QED) is 0.454. The first-order valence-electron chi connectivity index (χ1n) is 2.73. The molecule has 0 unspecified atom stereocenters. The third-order valence-electron chi connectivity index (χ3n) is 1.23. The summed E-state index contributed by atoms with van der Waals surface area (Å²) in [7, 11) is 0. The molecule has 1 rings (SSSR count). The molecule has 0 aliphatic rings. The van der Waals surface area contributed by atoms with Crippen LogP contribution in [0.4, 0.5) is 13.2 Å². The van der Waals surface area contributed by atoms with Crippen molar-refractivity contribution < 1.29 is 13.2 Å². The van der Waals surface area contributed by atoms with E-state index in [1.54, 1.807) is 0 Å². The van der Waals surface area contributed by atoms with E-state index in [0.29, 0.717) is 3.58 Å². The Bertz CT molecular complexity index is 232. The van der Waals surface area contributed by atoms with Crippen molar-refractivity contribution in [3.8, 4) is 0 Å². The van der Waals surface area contributed by atoms with Gasteiger partial charge in [-0.05, 0) is 0 Å². The van der Waals surface area contributed by atoms with Gasteiger partial charge in [0.15, 0.2) is 0 Å². The van der Waals surface area contributed by atoms with Crippen molar-refractivity contribution in [3.63, 3.8) is 0 Å². The van der Waals surface area contributed by atoms with Crippen LogP contribution in [0.5, 0.6) is 0 Å². The van der Waals surface area contributed by atoms with Crippen molar-refractivity contribution in [1.29, 1.82) is 0 Å². The van der Waals surface area contributed by atoms with Crippen LogP contribution < -0.4 is 3.58 Å². The molecule has 0 aliphatic carbocycles. The van der Waals surface area contributed by atoms with Gasteiger partial charge >= 0.3 is 68.9 Å². The standard InChI is InChI=1S/C6H2F3.Sn.3H/c7-4-2-1-3-5(8)6(4)9;;;;/h1-2H;;;;. The molecule has 0 N–H and O–H groups in total. The molecule has 10 heavy (non-hydrogen) atoms. The van der Waals surface area contributed by atoms with Crippen LogP contribution in [0.1, 0.15) is 0 Å². The van der Waals surface area contributed by atoms with E-state index in [1.807, 2.05) is 0 Å². The molecule has 1 aromatic carbocycles. The van der Waals surface area contributed by atoms with E-state index in [9.17, 15) is 13.2 Å². The van der Waals surface area contributed by atoms with Crippen molar-refractivity contribution >= 4 is 26.1 Å². The molecule has 1 aromatic rings. The van der Waals surface area contributed by atoms with Crippen LogP contribution in [0.25, 0.3) is 0 Å². The molecule has 0 atom stereocenters. The van der Waals surface area contributed by atoms with Gasteiger partial charge in [-0.2, -0.15) is 0 Å². The van der Waals surface area contributed by atoms with Crippen molar-refractivity contribution in [3.05, 3.63) is 29.6 Å². The molecule has 0 aromatic heterocycles. The van der Waals surface area contributed by atoms with Crippen molar-refractivity contribution in [2.24, 2.45) is 0 Å². The van der Waals surface area contributed by atoms with E-state index < -0.39 is 17.5 Å². The van der Waals surface area contributed by atoms with Gasteiger partial charge < -0.3 is 0 Å². The Labute approximate surface area is 69.1 Å². The predicted molar refractivity (Wildman–Crippen MR) is 35.9 cm³/mol. The van der Waals surface area contributed by atoms with Gasteiger partial charge in [0.25, 0.3) is 0 Å². The van der Waals surface area contributed by atoms with E-state index in [-0.39, 0.29) is 22.5 Å². The fraction of sp³-hybridized carbons (Fsp3) is 0. The Morgan fingerprint density at radius 1 is 1.00 bits per heavy atom. The molecule has 4 heteroatoms. The summed E-state index contributed by atoms with van der Waals surface area (Å²) in [4.78, 5) is 0. The van der Waals surface area contributed by atoms with Crippen LogP contribution in [0.3, 0.4) is 0 Å². The zero-order valence-corrected chi connectivity index (χ0v) is 11.0. The molecule has 0 saturated carbocycles. The summed E-state index contributed by atoms with van der Waals surface area (Å²) in [6.07, 6.45) is 0. The van der Waals surface area contributed by atoms with Crippen molar-refractivity contribution in [2.45, 2.75) is 0 Å². The fourth-order valence-corrected chi connectivity index (χ4v) is 1.72. The van der Waals surface area contributed by atoms with Gasteiger partial charge in [-0.15, -0.1) is 0 Å². The number of hydrogen-bond donors (Lipinski definition) is 0. The summed E-state index contributed by atoms with van der Waals surface area (Å²) in [5, 5.41) is 0. The van der Waals surface area contributed by atoms with E-state index >= 15 is 0 Å². The van der Waals surface area contributed by atoms with Gasteiger partial charge in [-0.1, -0.05) is 0 Å². The third kappa shape index (κ3) is 1.28. The van der Waals surface area contributed by atoms with Crippen LogP contribution in [0.15, 0.2) is 12.1 Å². The predicted octanol–water partition coefficient (Wildman–Crippen LogP) is 0.0946. The number of rotatable bonds is 0. The molecular formula is C6H5F3Sn. The first-order chi connectivity index (χ1) is 4.63. The molecular weight excluding hydrogens is 248 g/mol. The Balaban J connectivity index is 3.34. The Hall–Kier alpha value is -0.191. The van der Waals surface area contributed by atoms with Crippen LogP contribution in [0, 0.1) is 17.5 Å². The summed E-state index contributed by atoms with van der Waals surface area (Å²) >= 11 is -0.112. The Morgan fingerprint density at radius 2 is 1.60 bits per heavy atom. The summed E-state index contributed by atoms with van der Waals surface area (Å²) < 4.78 is 37.2. The fourth-order valence-electron chi connectivity index (χ4n) is 0.622. The first kappa shape index (κ1) is 7.91. The van der Waals surface area contributed by atoms with E-state index in [4.69, 9.17) is 0 Å². The second kappa shape index (κ2) is 2.82. The molecule has 54 valence electrons. The monoisotopic (exact) mass is 254 g/mol. The van der Waals surface area contributed by atoms with Crippen LogP contribution in [-0.4, -0.2) is 22.5 Å². The molecule has 0 saturated heterocycles. The molecule has 0 fully saturated rings. The van der Waals surface area contributed by atoms with E-state index in [1.165, 1.54) is 6.07 Å². The van der Waals surface area contributed by atoms with Crippen LogP contribution in [-0.2, 0) is 0 Å². The first-order valence-corrected chi connectivity index (χ1v) is 5.58. The average Bonchev–Trinajstić information content (AvgIpc) is 1.93. The van der Waals surface area contributed by atoms with Crippen molar-refractivity contribution in [2.75, 3.05) is 0 Å². The average molecular weight is 253 g/mol. The van der Waals surface area contributed by atoms with Gasteiger partial charge in [0, 0.05) is 0 Å². The van der Waals surface area contributed by atoms with Gasteiger partial charge in [0.1, 0.15) is 0 Å². The van der Waals surface area contributed by atoms with Gasteiger partial charge in [0.05, 0.1) is 0 Å². The van der Waals surface area contributed by atoms with Gasteiger partial charge in [-0.3, -0.25) is 0 Å². The van der Waals surface area contributed by atoms with Crippen molar-refractivity contribution in [1.82, 2.24) is 0 Å². The Kier molecular flexibility index (Phi) is 2.23. The summed E-state index contributed by atoms with van der Waals surface area (Å²) in [5.41, 5.74) is 0. The molecule has 0 spiro atoms. The zero-order valence-electron chi connectivity index (χ0n) is 5.29. The molecule has 0 nitrogen and oxygen atoms in total. The third-order valence-corrected chi connectivity index (χ3v) is 3.43. The number of benzene rings is 1. The number of halogens is 3. The van der Waals surface area contributed by atoms with Gasteiger partial charge in [0.2, 0.25) is 0 Å². The molecule has 0 aliphatic heterocycles. The molecule has 0 radical (unpaired) electrons. The molecule has 0 bridgehead atoms.